The Labute approximate surface area is 175 Å². The molecule has 6 heteroatoms. The second kappa shape index (κ2) is 8.14. The highest BCUT2D eigenvalue weighted by molar-refractivity contribution is 7.99. The normalized spacial score (nSPS) is 17.1. The van der Waals surface area contributed by atoms with E-state index < -0.39 is 6.10 Å². The fraction of sp³-hybridized carbons (Fsp3) is 0.304. The van der Waals surface area contributed by atoms with E-state index in [9.17, 15) is 5.11 Å². The van der Waals surface area contributed by atoms with Gasteiger partial charge in [-0.1, -0.05) is 48.5 Å². The molecule has 1 fully saturated rings. The van der Waals surface area contributed by atoms with Crippen LogP contribution in [0.4, 0.5) is 11.5 Å². The topological polar surface area (TPSA) is 61.3 Å². The van der Waals surface area contributed by atoms with Crippen molar-refractivity contribution in [3.63, 3.8) is 0 Å². The Kier molecular flexibility index (Phi) is 5.23. The maximum atomic E-state index is 11.2. The van der Waals surface area contributed by atoms with Crippen molar-refractivity contribution in [2.24, 2.45) is 0 Å². The number of aliphatic hydroxyl groups excluding tert-OH is 1. The van der Waals surface area contributed by atoms with Crippen molar-refractivity contribution in [2.75, 3.05) is 18.4 Å². The highest BCUT2D eigenvalue weighted by atomic mass is 32.2. The highest BCUT2D eigenvalue weighted by Gasteiger charge is 2.21. The first kappa shape index (κ1) is 18.6. The van der Waals surface area contributed by atoms with Crippen LogP contribution in [0.5, 0.6) is 0 Å². The van der Waals surface area contributed by atoms with Crippen molar-refractivity contribution in [1.29, 1.82) is 0 Å². The molecular weight excluding hydrogens is 380 g/mol. The molecule has 1 saturated heterocycles. The lowest BCUT2D eigenvalue weighted by atomic mass is 9.95. The predicted octanol–water partition coefficient (Wildman–Crippen LogP) is 4.75. The number of aliphatic hydroxyl groups is 1. The number of nitrogens with one attached hydrogen (secondary N) is 1. The molecule has 1 aromatic heterocycles. The molecule has 0 amide bonds. The van der Waals surface area contributed by atoms with Gasteiger partial charge in [-0.15, -0.1) is 0 Å². The summed E-state index contributed by atoms with van der Waals surface area (Å²) in [6.45, 7) is 3.19. The van der Waals surface area contributed by atoms with E-state index >= 15 is 0 Å². The molecule has 0 bridgehead atoms. The number of rotatable bonds is 4. The molecule has 148 valence electrons. The molecule has 1 atom stereocenters. The van der Waals surface area contributed by atoms with Crippen molar-refractivity contribution in [3.05, 3.63) is 71.5 Å². The second-order valence-electron chi connectivity index (χ2n) is 7.63. The first-order valence-corrected chi connectivity index (χ1v) is 11.0. The van der Waals surface area contributed by atoms with Crippen molar-refractivity contribution in [1.82, 2.24) is 14.9 Å². The van der Waals surface area contributed by atoms with Crippen LogP contribution in [0.2, 0.25) is 0 Å². The molecule has 2 aliphatic heterocycles. The summed E-state index contributed by atoms with van der Waals surface area (Å²) in [5.41, 5.74) is 4.04. The molecule has 0 saturated carbocycles. The van der Waals surface area contributed by atoms with Gasteiger partial charge in [0, 0.05) is 23.8 Å². The number of likely N-dealkylation sites (tertiary alicyclic amines) is 1. The monoisotopic (exact) mass is 404 g/mol. The summed E-state index contributed by atoms with van der Waals surface area (Å²) >= 11 is 1.60. The average molecular weight is 405 g/mol. The van der Waals surface area contributed by atoms with Crippen LogP contribution in [0.3, 0.4) is 0 Å². The SMILES string of the molecule is OC(c1ccc2c(c1)Nc1nccnc1S2)c1ccccc1CN1CCCCC1. The minimum Gasteiger partial charge on any atom is -0.384 e. The highest BCUT2D eigenvalue weighted by Crippen LogP contribution is 2.43. The third kappa shape index (κ3) is 3.88. The van der Waals surface area contributed by atoms with Gasteiger partial charge in [-0.3, -0.25) is 4.90 Å². The third-order valence-corrected chi connectivity index (χ3v) is 6.70. The number of hydrogen-bond donors (Lipinski definition) is 2. The smallest absolute Gasteiger partial charge is 0.163 e. The summed E-state index contributed by atoms with van der Waals surface area (Å²) < 4.78 is 0. The molecule has 0 aliphatic carbocycles. The van der Waals surface area contributed by atoms with Crippen LogP contribution in [0, 0.1) is 0 Å². The van der Waals surface area contributed by atoms with Crippen LogP contribution in [0.1, 0.15) is 42.1 Å². The van der Waals surface area contributed by atoms with Crippen molar-refractivity contribution >= 4 is 23.3 Å². The number of fused-ring (bicyclic) bond motifs is 2. The minimum atomic E-state index is -0.656. The van der Waals surface area contributed by atoms with Crippen LogP contribution >= 0.6 is 11.8 Å². The standard InChI is InChI=1S/C23H24N4OS/c28-21(18-7-3-2-6-17(18)15-27-12-4-1-5-13-27)16-8-9-20-19(14-16)26-22-23(29-20)25-11-10-24-22/h2-3,6-11,14,21,28H,1,4-5,12-13,15H2,(H,24,26). The molecule has 29 heavy (non-hydrogen) atoms. The number of anilines is 2. The molecule has 2 aliphatic rings. The Morgan fingerprint density at radius 1 is 1.03 bits per heavy atom. The van der Waals surface area contributed by atoms with Gasteiger partial charge < -0.3 is 10.4 Å². The number of nitrogens with zero attached hydrogens (tertiary/aromatic N) is 3. The fourth-order valence-corrected chi connectivity index (χ4v) is 4.98. The Bertz CT molecular complexity index is 1020. The zero-order valence-corrected chi connectivity index (χ0v) is 17.0. The first-order valence-electron chi connectivity index (χ1n) is 10.2. The number of aromatic nitrogens is 2. The van der Waals surface area contributed by atoms with Gasteiger partial charge >= 0.3 is 0 Å². The van der Waals surface area contributed by atoms with E-state index in [1.165, 1.54) is 24.8 Å². The van der Waals surface area contributed by atoms with E-state index in [4.69, 9.17) is 0 Å². The Hall–Kier alpha value is -2.41. The van der Waals surface area contributed by atoms with Gasteiger partial charge in [0.1, 0.15) is 11.1 Å². The van der Waals surface area contributed by atoms with Gasteiger partial charge in [0.05, 0.1) is 5.69 Å². The second-order valence-corrected chi connectivity index (χ2v) is 8.66. The van der Waals surface area contributed by atoms with E-state index in [1.54, 1.807) is 24.2 Å². The Morgan fingerprint density at radius 3 is 2.76 bits per heavy atom. The molecule has 1 unspecified atom stereocenters. The van der Waals surface area contributed by atoms with Crippen LogP contribution in [-0.2, 0) is 6.54 Å². The summed E-state index contributed by atoms with van der Waals surface area (Å²) in [6.07, 6.45) is 6.60. The van der Waals surface area contributed by atoms with Crippen molar-refractivity contribution in [2.45, 2.75) is 41.8 Å². The van der Waals surface area contributed by atoms with Gasteiger partial charge in [-0.25, -0.2) is 9.97 Å². The van der Waals surface area contributed by atoms with Crippen LogP contribution in [0.25, 0.3) is 0 Å². The molecule has 2 aromatic carbocycles. The molecule has 5 nitrogen and oxygen atoms in total. The minimum absolute atomic E-state index is 0.656. The van der Waals surface area contributed by atoms with E-state index in [0.29, 0.717) is 0 Å². The zero-order valence-electron chi connectivity index (χ0n) is 16.2. The predicted molar refractivity (Wildman–Crippen MR) is 116 cm³/mol. The lowest BCUT2D eigenvalue weighted by Crippen LogP contribution is -2.29. The molecular formula is C23H24N4OS. The van der Waals surface area contributed by atoms with E-state index in [2.05, 4.69) is 38.4 Å². The lowest BCUT2D eigenvalue weighted by Gasteiger charge is -2.28. The largest absolute Gasteiger partial charge is 0.384 e. The fourth-order valence-electron chi connectivity index (χ4n) is 4.10. The summed E-state index contributed by atoms with van der Waals surface area (Å²) in [5.74, 6) is 0.766. The van der Waals surface area contributed by atoms with Crippen LogP contribution < -0.4 is 5.32 Å². The van der Waals surface area contributed by atoms with Gasteiger partial charge in [0.25, 0.3) is 0 Å². The molecule has 0 radical (unpaired) electrons. The average Bonchev–Trinajstić information content (AvgIpc) is 2.78. The van der Waals surface area contributed by atoms with Crippen molar-refractivity contribution < 1.29 is 5.11 Å². The molecule has 3 aromatic rings. The van der Waals surface area contributed by atoms with Crippen LogP contribution in [-0.4, -0.2) is 33.1 Å². The van der Waals surface area contributed by atoms with Gasteiger partial charge in [-0.05, 0) is 54.8 Å². The maximum Gasteiger partial charge on any atom is 0.163 e. The van der Waals surface area contributed by atoms with Gasteiger partial charge in [0.15, 0.2) is 5.82 Å². The maximum absolute atomic E-state index is 11.2. The summed E-state index contributed by atoms with van der Waals surface area (Å²) in [5, 5.41) is 15.4. The molecule has 5 rings (SSSR count). The molecule has 2 N–H and O–H groups in total. The van der Waals surface area contributed by atoms with E-state index in [-0.39, 0.29) is 0 Å². The zero-order chi connectivity index (χ0) is 19.6. The number of piperidine rings is 1. The summed E-state index contributed by atoms with van der Waals surface area (Å²) in [6, 6.07) is 14.4. The van der Waals surface area contributed by atoms with Gasteiger partial charge in [0.2, 0.25) is 0 Å². The lowest BCUT2D eigenvalue weighted by molar-refractivity contribution is 0.204. The quantitative estimate of drug-likeness (QED) is 0.512. The number of hydrogen-bond acceptors (Lipinski definition) is 6. The van der Waals surface area contributed by atoms with Gasteiger partial charge in [-0.2, -0.15) is 0 Å². The van der Waals surface area contributed by atoms with Crippen molar-refractivity contribution in [3.8, 4) is 0 Å². The van der Waals surface area contributed by atoms with E-state index in [1.807, 2.05) is 24.3 Å². The van der Waals surface area contributed by atoms with Crippen LogP contribution in [0.15, 0.2) is 64.8 Å². The molecule has 0 spiro atoms. The Balaban J connectivity index is 1.41. The molecule has 3 heterocycles. The summed E-state index contributed by atoms with van der Waals surface area (Å²) in [4.78, 5) is 12.3. The van der Waals surface area contributed by atoms with E-state index in [0.717, 1.165) is 52.2 Å². The Morgan fingerprint density at radius 2 is 1.86 bits per heavy atom. The first-order chi connectivity index (χ1) is 14.3. The number of benzene rings is 2. The summed E-state index contributed by atoms with van der Waals surface area (Å²) in [7, 11) is 0. The third-order valence-electron chi connectivity index (χ3n) is 5.64.